The maximum absolute atomic E-state index is 6.30. The zero-order valence-corrected chi connectivity index (χ0v) is 18.7. The lowest BCUT2D eigenvalue weighted by Crippen LogP contribution is -2.32. The lowest BCUT2D eigenvalue weighted by molar-refractivity contribution is 0.178. The molecule has 1 aromatic rings. The first-order valence-electron chi connectivity index (χ1n) is 9.75. The monoisotopic (exact) mass is 346 g/mol. The highest BCUT2D eigenvalue weighted by Crippen LogP contribution is 2.42. The van der Waals surface area contributed by atoms with E-state index in [0.717, 1.165) is 29.9 Å². The van der Waals surface area contributed by atoms with Crippen molar-refractivity contribution >= 4 is 5.69 Å². The van der Waals surface area contributed by atoms with Crippen LogP contribution in [0.4, 0.5) is 5.69 Å². The molecule has 1 heterocycles. The smallest absolute Gasteiger partial charge is 0.0484 e. The van der Waals surface area contributed by atoms with Gasteiger partial charge in [0.1, 0.15) is 0 Å². The van der Waals surface area contributed by atoms with E-state index in [0.29, 0.717) is 5.92 Å². The summed E-state index contributed by atoms with van der Waals surface area (Å²) >= 11 is 0. The number of nitrogens with zero attached hydrogens (tertiary/aromatic N) is 1. The maximum Gasteiger partial charge on any atom is 0.0484 e. The molecule has 0 unspecified atom stereocenters. The second kappa shape index (κ2) is 6.93. The van der Waals surface area contributed by atoms with E-state index < -0.39 is 0 Å². The number of nitrogen functional groups attached to an aromatic ring is 1. The van der Waals surface area contributed by atoms with Crippen molar-refractivity contribution < 1.29 is 0 Å². The first-order valence-corrected chi connectivity index (χ1v) is 9.75. The van der Waals surface area contributed by atoms with Gasteiger partial charge in [-0.2, -0.15) is 0 Å². The van der Waals surface area contributed by atoms with Gasteiger partial charge in [0.05, 0.1) is 0 Å². The van der Waals surface area contributed by atoms with Crippen LogP contribution in [0, 0.1) is 16.7 Å². The molecule has 0 aliphatic rings. The van der Waals surface area contributed by atoms with E-state index in [2.05, 4.69) is 88.3 Å². The molecule has 25 heavy (non-hydrogen) atoms. The quantitative estimate of drug-likeness (QED) is 0.620. The number of nitrogens with two attached hydrogens (primary N) is 1. The SMILES string of the molecule is CC(C)C(C)(C)CC(C)(C)c1cc(N)cc(C(C)(C)CC(C)(C)C)n1. The molecular formula is C23H42N2. The molecular weight excluding hydrogens is 304 g/mol. The summed E-state index contributed by atoms with van der Waals surface area (Å²) in [4.78, 5) is 5.12. The summed E-state index contributed by atoms with van der Waals surface area (Å²) in [6.07, 6.45) is 2.17. The van der Waals surface area contributed by atoms with Crippen LogP contribution in [0.1, 0.15) is 100 Å². The summed E-state index contributed by atoms with van der Waals surface area (Å²) in [6, 6.07) is 4.14. The van der Waals surface area contributed by atoms with Gasteiger partial charge in [0.15, 0.2) is 0 Å². The molecule has 0 bridgehead atoms. The van der Waals surface area contributed by atoms with Crippen molar-refractivity contribution in [2.45, 2.75) is 99.8 Å². The predicted molar refractivity (Wildman–Crippen MR) is 112 cm³/mol. The van der Waals surface area contributed by atoms with Crippen molar-refractivity contribution in [3.63, 3.8) is 0 Å². The van der Waals surface area contributed by atoms with Gasteiger partial charge in [0.25, 0.3) is 0 Å². The van der Waals surface area contributed by atoms with Crippen molar-refractivity contribution in [3.05, 3.63) is 23.5 Å². The van der Waals surface area contributed by atoms with Gasteiger partial charge < -0.3 is 5.73 Å². The van der Waals surface area contributed by atoms with Crippen LogP contribution in [0.15, 0.2) is 12.1 Å². The lowest BCUT2D eigenvalue weighted by atomic mass is 9.68. The molecule has 144 valence electrons. The summed E-state index contributed by atoms with van der Waals surface area (Å²) in [5.74, 6) is 0.629. The van der Waals surface area contributed by atoms with Gasteiger partial charge in [-0.1, -0.05) is 76.2 Å². The Labute approximate surface area is 157 Å². The molecule has 1 aromatic heterocycles. The van der Waals surface area contributed by atoms with E-state index in [9.17, 15) is 0 Å². The van der Waals surface area contributed by atoms with Crippen molar-refractivity contribution in [2.24, 2.45) is 16.7 Å². The zero-order valence-electron chi connectivity index (χ0n) is 18.7. The van der Waals surface area contributed by atoms with Crippen LogP contribution in [0.25, 0.3) is 0 Å². The molecule has 0 aliphatic heterocycles. The summed E-state index contributed by atoms with van der Waals surface area (Å²) in [5.41, 5.74) is 9.89. The van der Waals surface area contributed by atoms with Gasteiger partial charge in [0.2, 0.25) is 0 Å². The van der Waals surface area contributed by atoms with E-state index in [1.807, 2.05) is 0 Å². The molecule has 1 rings (SSSR count). The minimum Gasteiger partial charge on any atom is -0.399 e. The summed E-state index contributed by atoms with van der Waals surface area (Å²) in [5, 5.41) is 0. The van der Waals surface area contributed by atoms with Crippen molar-refractivity contribution in [1.29, 1.82) is 0 Å². The Morgan fingerprint density at radius 3 is 1.56 bits per heavy atom. The van der Waals surface area contributed by atoms with E-state index in [4.69, 9.17) is 10.7 Å². The molecule has 0 aromatic carbocycles. The van der Waals surface area contributed by atoms with Gasteiger partial charge in [0, 0.05) is 27.9 Å². The van der Waals surface area contributed by atoms with E-state index in [1.54, 1.807) is 0 Å². The lowest BCUT2D eigenvalue weighted by Gasteiger charge is -2.38. The van der Waals surface area contributed by atoms with Crippen LogP contribution in [0.2, 0.25) is 0 Å². The van der Waals surface area contributed by atoms with Crippen LogP contribution in [-0.2, 0) is 10.8 Å². The number of pyridine rings is 1. The third kappa shape index (κ3) is 6.01. The number of rotatable bonds is 6. The first kappa shape index (κ1) is 22.0. The Bertz CT molecular complexity index is 587. The van der Waals surface area contributed by atoms with Crippen molar-refractivity contribution in [1.82, 2.24) is 4.98 Å². The number of aromatic nitrogens is 1. The molecule has 2 N–H and O–H groups in total. The third-order valence-electron chi connectivity index (χ3n) is 5.67. The molecule has 0 atom stereocenters. The maximum atomic E-state index is 6.30. The molecule has 0 fully saturated rings. The minimum atomic E-state index is -0.00425. The fraction of sp³-hybridized carbons (Fsp3) is 0.783. The average molecular weight is 347 g/mol. The number of hydrogen-bond donors (Lipinski definition) is 1. The number of anilines is 1. The molecule has 2 nitrogen and oxygen atoms in total. The Morgan fingerprint density at radius 2 is 1.20 bits per heavy atom. The third-order valence-corrected chi connectivity index (χ3v) is 5.67. The molecule has 0 amide bonds. The van der Waals surface area contributed by atoms with Crippen LogP contribution in [-0.4, -0.2) is 4.98 Å². The van der Waals surface area contributed by atoms with E-state index >= 15 is 0 Å². The highest BCUT2D eigenvalue weighted by Gasteiger charge is 2.35. The Morgan fingerprint density at radius 1 is 0.800 bits per heavy atom. The van der Waals surface area contributed by atoms with Crippen LogP contribution in [0.3, 0.4) is 0 Å². The number of hydrogen-bond acceptors (Lipinski definition) is 2. The molecule has 0 radical (unpaired) electrons. The fourth-order valence-electron chi connectivity index (χ4n) is 4.10. The molecule has 2 heteroatoms. The topological polar surface area (TPSA) is 38.9 Å². The minimum absolute atomic E-state index is 0.00425. The molecule has 0 aliphatic carbocycles. The van der Waals surface area contributed by atoms with Crippen LogP contribution < -0.4 is 5.73 Å². The van der Waals surface area contributed by atoms with Crippen LogP contribution in [0.5, 0.6) is 0 Å². The van der Waals surface area contributed by atoms with Crippen molar-refractivity contribution in [3.8, 4) is 0 Å². The first-order chi connectivity index (χ1) is 11.0. The normalized spacial score (nSPS) is 14.2. The van der Waals surface area contributed by atoms with Gasteiger partial charge >= 0.3 is 0 Å². The van der Waals surface area contributed by atoms with Gasteiger partial charge in [-0.25, -0.2) is 0 Å². The summed E-state index contributed by atoms with van der Waals surface area (Å²) in [7, 11) is 0. The van der Waals surface area contributed by atoms with Crippen LogP contribution >= 0.6 is 0 Å². The highest BCUT2D eigenvalue weighted by molar-refractivity contribution is 5.44. The fourth-order valence-corrected chi connectivity index (χ4v) is 4.10. The Kier molecular flexibility index (Phi) is 6.09. The van der Waals surface area contributed by atoms with E-state index in [1.165, 1.54) is 0 Å². The van der Waals surface area contributed by atoms with Crippen molar-refractivity contribution in [2.75, 3.05) is 5.73 Å². The Hall–Kier alpha value is -1.05. The highest BCUT2D eigenvalue weighted by atomic mass is 14.8. The molecule has 0 spiro atoms. The molecule has 0 saturated carbocycles. The second-order valence-corrected chi connectivity index (χ2v) is 11.5. The molecule has 0 saturated heterocycles. The summed E-state index contributed by atoms with van der Waals surface area (Å²) in [6.45, 7) is 25.4. The standard InChI is InChI=1S/C23H42N2/c1-16(2)21(6,7)15-23(10,11)19-13-17(24)12-18(25-19)22(8,9)14-20(3,4)5/h12-13,16H,14-15H2,1-11H3,(H2,24,25). The predicted octanol–water partition coefficient (Wildman–Crippen LogP) is 6.73. The largest absolute Gasteiger partial charge is 0.399 e. The van der Waals surface area contributed by atoms with E-state index in [-0.39, 0.29) is 21.7 Å². The van der Waals surface area contributed by atoms with Gasteiger partial charge in [-0.15, -0.1) is 0 Å². The summed E-state index contributed by atoms with van der Waals surface area (Å²) < 4.78 is 0. The second-order valence-electron chi connectivity index (χ2n) is 11.5. The average Bonchev–Trinajstić information content (AvgIpc) is 2.33. The van der Waals surface area contributed by atoms with Gasteiger partial charge in [-0.05, 0) is 41.7 Å². The Balaban J connectivity index is 3.29. The zero-order chi connectivity index (χ0) is 19.8. The van der Waals surface area contributed by atoms with Gasteiger partial charge in [-0.3, -0.25) is 4.98 Å².